The molecule has 22 heavy (non-hydrogen) atoms. The Hall–Kier alpha value is -1.46. The lowest BCUT2D eigenvalue weighted by Crippen LogP contribution is -2.50. The molecule has 0 saturated heterocycles. The molecular formula is C17H23NO4. The third-order valence-electron chi connectivity index (χ3n) is 5.65. The highest BCUT2D eigenvalue weighted by Crippen LogP contribution is 2.65. The van der Waals surface area contributed by atoms with Gasteiger partial charge in [0.1, 0.15) is 11.7 Å². The van der Waals surface area contributed by atoms with Crippen LogP contribution in [0.5, 0.6) is 0 Å². The third kappa shape index (κ3) is 1.72. The number of Topliss-reactive ketones (excluding diaryl/α,β-unsaturated/α-hetero) is 1. The van der Waals surface area contributed by atoms with Crippen LogP contribution in [0.3, 0.4) is 0 Å². The molecule has 1 fully saturated rings. The number of carbonyl (C=O) groups excluding carboxylic acids is 2. The van der Waals surface area contributed by atoms with Gasteiger partial charge < -0.3 is 15.6 Å². The van der Waals surface area contributed by atoms with Gasteiger partial charge in [-0.15, -0.1) is 0 Å². The van der Waals surface area contributed by atoms with Gasteiger partial charge in [-0.05, 0) is 26.7 Å². The van der Waals surface area contributed by atoms with E-state index in [1.165, 1.54) is 0 Å². The first-order chi connectivity index (χ1) is 10.1. The molecule has 0 aromatic heterocycles. The fourth-order valence-corrected chi connectivity index (χ4v) is 4.10. The minimum atomic E-state index is -1.38. The van der Waals surface area contributed by atoms with Gasteiger partial charge in [-0.25, -0.2) is 0 Å². The largest absolute Gasteiger partial charge is 0.456 e. The fourth-order valence-electron chi connectivity index (χ4n) is 4.10. The van der Waals surface area contributed by atoms with Crippen LogP contribution in [-0.4, -0.2) is 35.1 Å². The van der Waals surface area contributed by atoms with Crippen LogP contribution in [0.25, 0.3) is 0 Å². The summed E-state index contributed by atoms with van der Waals surface area (Å²) in [5.74, 6) is -0.743. The number of ketones is 1. The lowest BCUT2D eigenvalue weighted by molar-refractivity contribution is -0.149. The van der Waals surface area contributed by atoms with Gasteiger partial charge in [-0.3, -0.25) is 9.59 Å². The summed E-state index contributed by atoms with van der Waals surface area (Å²) in [6.45, 7) is 7.21. The summed E-state index contributed by atoms with van der Waals surface area (Å²) in [7, 11) is 0. The summed E-state index contributed by atoms with van der Waals surface area (Å²) in [6, 6.07) is 0. The van der Waals surface area contributed by atoms with Crippen molar-refractivity contribution in [3.8, 4) is 0 Å². The lowest BCUT2D eigenvalue weighted by Gasteiger charge is -2.40. The van der Waals surface area contributed by atoms with Crippen molar-refractivity contribution in [1.29, 1.82) is 0 Å². The molecule has 2 atom stereocenters. The van der Waals surface area contributed by atoms with Crippen molar-refractivity contribution in [1.82, 2.24) is 0 Å². The Balaban J connectivity index is 2.15. The number of nitrogens with two attached hydrogens (primary N) is 1. The zero-order chi connectivity index (χ0) is 16.5. The monoisotopic (exact) mass is 305 g/mol. The van der Waals surface area contributed by atoms with Gasteiger partial charge in [0, 0.05) is 22.0 Å². The van der Waals surface area contributed by atoms with Crippen LogP contribution in [0.2, 0.25) is 0 Å². The molecule has 0 aromatic rings. The van der Waals surface area contributed by atoms with E-state index < -0.39 is 28.5 Å². The van der Waals surface area contributed by atoms with Gasteiger partial charge in [0.25, 0.3) is 0 Å². The average molecular weight is 305 g/mol. The molecule has 1 saturated carbocycles. The maximum atomic E-state index is 12.8. The van der Waals surface area contributed by atoms with E-state index in [0.29, 0.717) is 5.57 Å². The second-order valence-electron chi connectivity index (χ2n) is 7.48. The van der Waals surface area contributed by atoms with E-state index >= 15 is 0 Å². The Morgan fingerprint density at radius 3 is 2.50 bits per heavy atom. The van der Waals surface area contributed by atoms with E-state index in [0.717, 1.165) is 24.0 Å². The van der Waals surface area contributed by atoms with Gasteiger partial charge in [0.05, 0.1) is 6.54 Å². The summed E-state index contributed by atoms with van der Waals surface area (Å²) in [5.41, 5.74) is 5.24. The van der Waals surface area contributed by atoms with Crippen LogP contribution in [0.4, 0.5) is 0 Å². The molecule has 0 unspecified atom stereocenters. The number of hydrogen-bond donors (Lipinski definition) is 2. The fraction of sp³-hybridized carbons (Fsp3) is 0.647. The Morgan fingerprint density at radius 1 is 1.41 bits per heavy atom. The smallest absolute Gasteiger partial charge is 0.320 e. The van der Waals surface area contributed by atoms with Crippen LogP contribution in [0.1, 0.15) is 40.5 Å². The Kier molecular flexibility index (Phi) is 3.01. The quantitative estimate of drug-likeness (QED) is 0.750. The molecule has 0 aliphatic heterocycles. The number of ether oxygens (including phenoxy) is 1. The summed E-state index contributed by atoms with van der Waals surface area (Å²) in [4.78, 5) is 24.5. The first-order valence-corrected chi connectivity index (χ1v) is 7.70. The van der Waals surface area contributed by atoms with E-state index in [1.54, 1.807) is 6.92 Å². The topological polar surface area (TPSA) is 89.6 Å². The first-order valence-electron chi connectivity index (χ1n) is 7.70. The van der Waals surface area contributed by atoms with Crippen molar-refractivity contribution < 1.29 is 19.4 Å². The van der Waals surface area contributed by atoms with Crippen molar-refractivity contribution >= 4 is 11.8 Å². The maximum absolute atomic E-state index is 12.8. The zero-order valence-corrected chi connectivity index (χ0v) is 13.5. The molecule has 0 heterocycles. The van der Waals surface area contributed by atoms with Crippen molar-refractivity contribution in [2.24, 2.45) is 16.6 Å². The molecule has 0 bridgehead atoms. The van der Waals surface area contributed by atoms with Crippen LogP contribution in [-0.2, 0) is 14.3 Å². The van der Waals surface area contributed by atoms with Crippen LogP contribution < -0.4 is 5.73 Å². The summed E-state index contributed by atoms with van der Waals surface area (Å²) in [5, 5.41) is 10.8. The minimum Gasteiger partial charge on any atom is -0.456 e. The number of aliphatic hydroxyl groups is 1. The summed E-state index contributed by atoms with van der Waals surface area (Å²) < 4.78 is 5.55. The number of hydrogen-bond acceptors (Lipinski definition) is 5. The molecule has 0 radical (unpaired) electrons. The highest BCUT2D eigenvalue weighted by Gasteiger charge is 2.66. The van der Waals surface area contributed by atoms with Gasteiger partial charge in [0.2, 0.25) is 0 Å². The molecule has 0 aromatic carbocycles. The SMILES string of the molecule is CC1=C2C(=CC(C)(C)[C@@H]2OC(=O)CN)C(=O)[C@](C)(O)C12CC2. The predicted octanol–water partition coefficient (Wildman–Crippen LogP) is 1.25. The number of fused-ring (bicyclic) bond motifs is 1. The molecule has 0 amide bonds. The second-order valence-corrected chi connectivity index (χ2v) is 7.48. The van der Waals surface area contributed by atoms with Gasteiger partial charge in [-0.2, -0.15) is 0 Å². The highest BCUT2D eigenvalue weighted by molar-refractivity contribution is 6.09. The second kappa shape index (κ2) is 4.30. The normalized spacial score (nSPS) is 34.5. The maximum Gasteiger partial charge on any atom is 0.320 e. The molecule has 3 rings (SSSR count). The molecule has 120 valence electrons. The molecule has 3 N–H and O–H groups in total. The van der Waals surface area contributed by atoms with Crippen molar-refractivity contribution in [2.75, 3.05) is 6.54 Å². The van der Waals surface area contributed by atoms with E-state index in [1.807, 2.05) is 26.8 Å². The molecule has 5 nitrogen and oxygen atoms in total. The van der Waals surface area contributed by atoms with Crippen LogP contribution in [0.15, 0.2) is 22.8 Å². The highest BCUT2D eigenvalue weighted by atomic mass is 16.5. The Bertz CT molecular complexity index is 635. The van der Waals surface area contributed by atoms with Gasteiger partial charge in [0.15, 0.2) is 5.78 Å². The zero-order valence-electron chi connectivity index (χ0n) is 13.5. The number of esters is 1. The third-order valence-corrected chi connectivity index (χ3v) is 5.65. The number of rotatable bonds is 2. The number of carbonyl (C=O) groups is 2. The van der Waals surface area contributed by atoms with E-state index in [-0.39, 0.29) is 12.3 Å². The van der Waals surface area contributed by atoms with E-state index in [9.17, 15) is 14.7 Å². The van der Waals surface area contributed by atoms with E-state index in [4.69, 9.17) is 10.5 Å². The molecule has 1 spiro atoms. The predicted molar refractivity (Wildman–Crippen MR) is 80.8 cm³/mol. The summed E-state index contributed by atoms with van der Waals surface area (Å²) in [6.07, 6.45) is 2.88. The van der Waals surface area contributed by atoms with Crippen molar-refractivity contribution in [2.45, 2.75) is 52.2 Å². The molecule has 3 aliphatic rings. The van der Waals surface area contributed by atoms with Crippen LogP contribution >= 0.6 is 0 Å². The molecular weight excluding hydrogens is 282 g/mol. The van der Waals surface area contributed by atoms with E-state index in [2.05, 4.69) is 0 Å². The van der Waals surface area contributed by atoms with Gasteiger partial charge >= 0.3 is 5.97 Å². The first kappa shape index (κ1) is 15.4. The van der Waals surface area contributed by atoms with Gasteiger partial charge in [-0.1, -0.05) is 25.5 Å². The van der Waals surface area contributed by atoms with Crippen molar-refractivity contribution in [3.63, 3.8) is 0 Å². The Morgan fingerprint density at radius 2 is 2.00 bits per heavy atom. The van der Waals surface area contributed by atoms with Crippen LogP contribution in [0, 0.1) is 10.8 Å². The Labute approximate surface area is 130 Å². The molecule has 3 aliphatic carbocycles. The average Bonchev–Trinajstić information content (AvgIpc) is 3.20. The summed E-state index contributed by atoms with van der Waals surface area (Å²) >= 11 is 0. The molecule has 5 heteroatoms. The minimum absolute atomic E-state index is 0.189. The van der Waals surface area contributed by atoms with Crippen molar-refractivity contribution in [3.05, 3.63) is 22.8 Å². The lowest BCUT2D eigenvalue weighted by atomic mass is 9.67. The standard InChI is InChI=1S/C17H23NO4/c1-9-12-10(13(20)16(4,21)17(9)5-6-17)7-15(2,3)14(12)22-11(19)8-18/h7,14,21H,5-6,8,18H2,1-4H3/t14-,16+/m1/s1.